The smallest absolute Gasteiger partial charge is 0.329 e. The van der Waals surface area contributed by atoms with E-state index < -0.39 is 76.7 Å². The van der Waals surface area contributed by atoms with Crippen LogP contribution in [0.4, 0.5) is 5.69 Å². The number of aliphatic carboxylic acids is 1. The van der Waals surface area contributed by atoms with Crippen molar-refractivity contribution < 1.29 is 57.9 Å². The summed E-state index contributed by atoms with van der Waals surface area (Å²) >= 11 is 0. The van der Waals surface area contributed by atoms with Gasteiger partial charge in [0.2, 0.25) is 23.6 Å². The molecule has 0 saturated heterocycles. The van der Waals surface area contributed by atoms with Gasteiger partial charge in [-0.2, -0.15) is 0 Å². The highest BCUT2D eigenvalue weighted by atomic mass is 16.7. The number of nitrogens with one attached hydrogen (secondary N) is 5. The van der Waals surface area contributed by atoms with Crippen LogP contribution in [-0.2, 0) is 69.0 Å². The molecule has 0 aliphatic rings. The summed E-state index contributed by atoms with van der Waals surface area (Å²) in [5.74, 6) is -5.39. The van der Waals surface area contributed by atoms with Gasteiger partial charge in [0.1, 0.15) is 36.8 Å². The molecule has 65 heavy (non-hydrogen) atoms. The maximum absolute atomic E-state index is 14.0. The summed E-state index contributed by atoms with van der Waals surface area (Å²) in [6, 6.07) is 13.7. The Kier molecular flexibility index (Phi) is 21.5. The van der Waals surface area contributed by atoms with E-state index >= 15 is 0 Å². The molecule has 0 fully saturated rings. The van der Waals surface area contributed by atoms with E-state index in [1.807, 2.05) is 13.8 Å². The monoisotopic (exact) mass is 905 g/mol. The van der Waals surface area contributed by atoms with E-state index in [0.717, 1.165) is 0 Å². The van der Waals surface area contributed by atoms with Gasteiger partial charge in [0.15, 0.2) is 5.75 Å². The van der Waals surface area contributed by atoms with Gasteiger partial charge >= 0.3 is 23.6 Å². The van der Waals surface area contributed by atoms with Crippen LogP contribution < -0.4 is 37.2 Å². The molecule has 3 rings (SSSR count). The minimum Gasteiger partial charge on any atom is -0.490 e. The van der Waals surface area contributed by atoms with Crippen molar-refractivity contribution >= 4 is 47.2 Å². The molecule has 20 nitrogen and oxygen atoms in total. The second kappa shape index (κ2) is 26.6. The number of methoxy groups -OCH3 is 1. The van der Waals surface area contributed by atoms with Crippen molar-refractivity contribution in [2.75, 3.05) is 13.7 Å². The lowest BCUT2D eigenvalue weighted by molar-refractivity contribution is -0.385. The summed E-state index contributed by atoms with van der Waals surface area (Å²) < 4.78 is 10.4. The van der Waals surface area contributed by atoms with Crippen molar-refractivity contribution in [3.8, 4) is 5.75 Å². The number of hydrogen-bond acceptors (Lipinski definition) is 14. The number of nitrogens with two attached hydrogens (primary N) is 1. The van der Waals surface area contributed by atoms with Crippen molar-refractivity contribution in [3.63, 3.8) is 0 Å². The van der Waals surface area contributed by atoms with Gasteiger partial charge in [-0.15, -0.1) is 5.48 Å². The van der Waals surface area contributed by atoms with Crippen LogP contribution in [0.5, 0.6) is 5.75 Å². The first kappa shape index (κ1) is 52.4. The largest absolute Gasteiger partial charge is 0.490 e. The molecule has 0 radical (unpaired) electrons. The zero-order valence-electron chi connectivity index (χ0n) is 37.1. The number of hydrogen-bond donors (Lipinski definition) is 7. The van der Waals surface area contributed by atoms with Crippen molar-refractivity contribution in [1.29, 1.82) is 0 Å². The standard InChI is InChI=1S/C45H59N7O13/c1-27(2)21-35(49-41(55)34(13-9-10-20-46)51-65-40(54)25-33-18-19-38(63-5)37(23-33)52(61)62)43(57)50-36(22-30-11-7-6-8-12-30)42(56)48-29(4)45(60)64-26-32-16-14-31(15-17-32)24-39(53)47-28(3)44(58)59/h6-8,11-12,14-19,23,27-29,34-36,51H,9-10,13,20-22,24-26,46H2,1-5H3,(H,47,53)(H,48,56)(H,49,55)(H,50,57)(H,58,59)/t28-,29-,34-,35-,36-/m0/s1. The van der Waals surface area contributed by atoms with Gasteiger partial charge in [0.25, 0.3) is 0 Å². The number of hydroxylamine groups is 1. The predicted molar refractivity (Wildman–Crippen MR) is 236 cm³/mol. The quantitative estimate of drug-likeness (QED) is 0.0250. The molecule has 20 heteroatoms. The van der Waals surface area contributed by atoms with Crippen molar-refractivity contribution in [2.45, 2.75) is 109 Å². The minimum atomic E-state index is -1.21. The number of benzene rings is 3. The molecule has 8 N–H and O–H groups in total. The Bertz CT molecular complexity index is 2100. The number of carbonyl (C=O) groups is 7. The highest BCUT2D eigenvalue weighted by molar-refractivity contribution is 5.94. The Morgan fingerprint density at radius 2 is 1.34 bits per heavy atom. The second-order valence-electron chi connectivity index (χ2n) is 15.8. The van der Waals surface area contributed by atoms with Crippen molar-refractivity contribution in [3.05, 3.63) is 105 Å². The summed E-state index contributed by atoms with van der Waals surface area (Å²) in [4.78, 5) is 107. The summed E-state index contributed by atoms with van der Waals surface area (Å²) in [6.07, 6.45) is 0.911. The number of nitro groups is 1. The fourth-order valence-corrected chi connectivity index (χ4v) is 6.32. The van der Waals surface area contributed by atoms with Crippen LogP contribution in [0.1, 0.15) is 75.6 Å². The number of rotatable bonds is 27. The Morgan fingerprint density at radius 3 is 1.95 bits per heavy atom. The molecular formula is C45H59N7O13. The van der Waals surface area contributed by atoms with Crippen molar-refractivity contribution in [2.24, 2.45) is 11.7 Å². The molecule has 3 aromatic rings. The molecule has 5 atom stereocenters. The molecule has 4 amide bonds. The molecule has 0 spiro atoms. The molecule has 3 aromatic carbocycles. The fourth-order valence-electron chi connectivity index (χ4n) is 6.32. The van der Waals surface area contributed by atoms with Crippen molar-refractivity contribution in [1.82, 2.24) is 26.7 Å². The molecule has 0 saturated carbocycles. The van der Waals surface area contributed by atoms with Gasteiger partial charge in [-0.3, -0.25) is 38.9 Å². The average Bonchev–Trinajstić information content (AvgIpc) is 3.26. The topological polar surface area (TPSA) is 297 Å². The van der Waals surface area contributed by atoms with E-state index in [1.54, 1.807) is 54.6 Å². The van der Waals surface area contributed by atoms with Crippen LogP contribution in [0.3, 0.4) is 0 Å². The lowest BCUT2D eigenvalue weighted by Gasteiger charge is -2.26. The SMILES string of the molecule is COc1ccc(CC(=O)ON[C@@H](CCCCN)C(=O)N[C@@H](CC(C)C)C(=O)N[C@@H](Cc2ccccc2)C(=O)N[C@@H](C)C(=O)OCc2ccc(CC(=O)N[C@@H](C)C(=O)O)cc2)cc1[N+](=O)[O-]. The highest BCUT2D eigenvalue weighted by Gasteiger charge is 2.32. The van der Waals surface area contributed by atoms with E-state index in [-0.39, 0.29) is 61.6 Å². The lowest BCUT2D eigenvalue weighted by atomic mass is 10.00. The maximum atomic E-state index is 14.0. The van der Waals surface area contributed by atoms with E-state index in [1.165, 1.54) is 39.2 Å². The first-order valence-corrected chi connectivity index (χ1v) is 21.1. The molecule has 0 unspecified atom stereocenters. The number of nitrogens with zero attached hydrogens (tertiary/aromatic N) is 1. The minimum absolute atomic E-state index is 0.0131. The maximum Gasteiger partial charge on any atom is 0.329 e. The molecule has 0 heterocycles. The number of unbranched alkanes of at least 4 members (excludes halogenated alkanes) is 1. The van der Waals surface area contributed by atoms with Crippen LogP contribution in [0.15, 0.2) is 72.8 Å². The summed E-state index contributed by atoms with van der Waals surface area (Å²) in [5.41, 5.74) is 9.98. The lowest BCUT2D eigenvalue weighted by Crippen LogP contribution is -2.58. The molecule has 0 aromatic heterocycles. The van der Waals surface area contributed by atoms with Crippen LogP contribution in [-0.4, -0.2) is 95.4 Å². The van der Waals surface area contributed by atoms with Gasteiger partial charge in [-0.05, 0) is 80.3 Å². The number of carbonyl (C=O) groups excluding carboxylic acids is 6. The molecule has 0 aliphatic heterocycles. The van der Waals surface area contributed by atoms with Gasteiger partial charge in [0, 0.05) is 12.5 Å². The van der Waals surface area contributed by atoms with Crippen LogP contribution in [0, 0.1) is 16.0 Å². The third kappa shape index (κ3) is 18.4. The van der Waals surface area contributed by atoms with Gasteiger partial charge < -0.3 is 46.4 Å². The Morgan fingerprint density at radius 1 is 0.723 bits per heavy atom. The van der Waals surface area contributed by atoms with E-state index in [4.69, 9.17) is 25.2 Å². The molecule has 0 bridgehead atoms. The third-order valence-electron chi connectivity index (χ3n) is 9.85. The normalized spacial score (nSPS) is 13.2. The number of nitro benzene ring substituents is 1. The van der Waals surface area contributed by atoms with Gasteiger partial charge in [-0.25, -0.2) is 4.79 Å². The third-order valence-corrected chi connectivity index (χ3v) is 9.85. The number of amides is 4. The first-order chi connectivity index (χ1) is 30.9. The predicted octanol–water partition coefficient (Wildman–Crippen LogP) is 2.33. The molecular weight excluding hydrogens is 847 g/mol. The zero-order valence-corrected chi connectivity index (χ0v) is 37.1. The van der Waals surface area contributed by atoms with Gasteiger partial charge in [0.05, 0.1) is 24.9 Å². The highest BCUT2D eigenvalue weighted by Crippen LogP contribution is 2.27. The average molecular weight is 906 g/mol. The summed E-state index contributed by atoms with van der Waals surface area (Å²) in [5, 5.41) is 30.9. The number of esters is 1. The van der Waals surface area contributed by atoms with Crippen LogP contribution in [0.25, 0.3) is 0 Å². The number of ether oxygens (including phenoxy) is 2. The van der Waals surface area contributed by atoms with Crippen LogP contribution in [0.2, 0.25) is 0 Å². The first-order valence-electron chi connectivity index (χ1n) is 21.1. The van der Waals surface area contributed by atoms with Gasteiger partial charge in [-0.1, -0.05) is 74.5 Å². The summed E-state index contributed by atoms with van der Waals surface area (Å²) in [7, 11) is 1.28. The fraction of sp³-hybridized carbons (Fsp3) is 0.444. The number of carboxylic acid groups (broad SMARTS) is 1. The van der Waals surface area contributed by atoms with Crippen LogP contribution >= 0.6 is 0 Å². The van der Waals surface area contributed by atoms with E-state index in [9.17, 15) is 43.7 Å². The Hall–Kier alpha value is -6.93. The second-order valence-corrected chi connectivity index (χ2v) is 15.8. The number of carboxylic acids is 1. The zero-order chi connectivity index (χ0) is 48.1. The van der Waals surface area contributed by atoms with E-state index in [0.29, 0.717) is 36.1 Å². The molecule has 352 valence electrons. The Labute approximate surface area is 376 Å². The Balaban J connectivity index is 1.69. The molecule has 0 aliphatic carbocycles. The summed E-state index contributed by atoms with van der Waals surface area (Å²) in [6.45, 7) is 6.64. The van der Waals surface area contributed by atoms with E-state index in [2.05, 4.69) is 26.7 Å².